The molecule has 3 rings (SSSR count). The number of nitrogens with zero attached hydrogens (tertiary/aromatic N) is 1. The molecular weight excluding hydrogens is 260 g/mol. The van der Waals surface area contributed by atoms with Crippen LogP contribution in [0.5, 0.6) is 5.75 Å². The number of imidazole rings is 1. The number of hydrogen-bond acceptors (Lipinski definition) is 2. The van der Waals surface area contributed by atoms with E-state index in [-0.39, 0.29) is 6.10 Å². The van der Waals surface area contributed by atoms with Crippen LogP contribution in [0.3, 0.4) is 0 Å². The summed E-state index contributed by atoms with van der Waals surface area (Å²) >= 11 is 0. The maximum absolute atomic E-state index is 5.98. The summed E-state index contributed by atoms with van der Waals surface area (Å²) in [6.07, 6.45) is -0.111. The average molecular weight is 280 g/mol. The summed E-state index contributed by atoms with van der Waals surface area (Å²) < 4.78 is 5.98. The lowest BCUT2D eigenvalue weighted by atomic mass is 10.1. The molecule has 0 amide bonds. The fourth-order valence-electron chi connectivity index (χ4n) is 2.43. The van der Waals surface area contributed by atoms with Gasteiger partial charge in [0.05, 0.1) is 11.0 Å². The SMILES string of the molecule is Cc1cccc(O[C@H](C)c2nc3cc(C)c(C)cc3[nH]2)c1. The molecular formula is C18H20N2O. The third-order valence-corrected chi connectivity index (χ3v) is 3.80. The van der Waals surface area contributed by atoms with Gasteiger partial charge in [-0.25, -0.2) is 4.98 Å². The fraction of sp³-hybridized carbons (Fsp3) is 0.278. The molecule has 1 heterocycles. The highest BCUT2D eigenvalue weighted by Crippen LogP contribution is 2.24. The van der Waals surface area contributed by atoms with Crippen molar-refractivity contribution < 1.29 is 4.74 Å². The van der Waals surface area contributed by atoms with Crippen LogP contribution in [0, 0.1) is 20.8 Å². The largest absolute Gasteiger partial charge is 0.483 e. The maximum atomic E-state index is 5.98. The second-order valence-electron chi connectivity index (χ2n) is 5.65. The Balaban J connectivity index is 1.89. The molecule has 3 nitrogen and oxygen atoms in total. The van der Waals surface area contributed by atoms with Crippen molar-refractivity contribution in [3.63, 3.8) is 0 Å². The zero-order chi connectivity index (χ0) is 15.0. The Kier molecular flexibility index (Phi) is 3.42. The van der Waals surface area contributed by atoms with Crippen LogP contribution in [-0.2, 0) is 0 Å². The summed E-state index contributed by atoms with van der Waals surface area (Å²) in [4.78, 5) is 8.01. The highest BCUT2D eigenvalue weighted by atomic mass is 16.5. The molecule has 0 aliphatic carbocycles. The van der Waals surface area contributed by atoms with Gasteiger partial charge in [-0.3, -0.25) is 0 Å². The highest BCUT2D eigenvalue weighted by Gasteiger charge is 2.13. The monoisotopic (exact) mass is 280 g/mol. The second kappa shape index (κ2) is 5.24. The number of aryl methyl sites for hydroxylation is 3. The van der Waals surface area contributed by atoms with Crippen LogP contribution < -0.4 is 4.74 Å². The van der Waals surface area contributed by atoms with Crippen molar-refractivity contribution in [1.82, 2.24) is 9.97 Å². The predicted octanol–water partition coefficient (Wildman–Crippen LogP) is 4.63. The third-order valence-electron chi connectivity index (χ3n) is 3.80. The Morgan fingerprint density at radius 2 is 1.81 bits per heavy atom. The molecule has 108 valence electrons. The number of aromatic nitrogens is 2. The van der Waals surface area contributed by atoms with Gasteiger partial charge in [-0.15, -0.1) is 0 Å². The Hall–Kier alpha value is -2.29. The summed E-state index contributed by atoms with van der Waals surface area (Å²) in [6.45, 7) is 8.29. The van der Waals surface area contributed by atoms with Gasteiger partial charge in [-0.05, 0) is 68.7 Å². The highest BCUT2D eigenvalue weighted by molar-refractivity contribution is 5.77. The number of ether oxygens (including phenoxy) is 1. The van der Waals surface area contributed by atoms with Crippen molar-refractivity contribution in [1.29, 1.82) is 0 Å². The summed E-state index contributed by atoms with van der Waals surface area (Å²) in [6, 6.07) is 12.3. The average Bonchev–Trinajstić information content (AvgIpc) is 2.82. The summed E-state index contributed by atoms with van der Waals surface area (Å²) in [5.74, 6) is 1.73. The molecule has 0 aliphatic rings. The minimum atomic E-state index is -0.111. The van der Waals surface area contributed by atoms with Crippen LogP contribution >= 0.6 is 0 Å². The number of H-pyrrole nitrogens is 1. The van der Waals surface area contributed by atoms with Gasteiger partial charge in [0.25, 0.3) is 0 Å². The molecule has 0 bridgehead atoms. The standard InChI is InChI=1S/C18H20N2O/c1-11-6-5-7-15(8-11)21-14(4)18-19-16-9-12(2)13(3)10-17(16)20-18/h5-10,14H,1-4H3,(H,19,20)/t14-/m1/s1. The van der Waals surface area contributed by atoms with E-state index in [1.807, 2.05) is 25.1 Å². The van der Waals surface area contributed by atoms with E-state index in [1.165, 1.54) is 16.7 Å². The first-order chi connectivity index (χ1) is 10.0. The van der Waals surface area contributed by atoms with E-state index in [2.05, 4.69) is 48.9 Å². The number of nitrogens with one attached hydrogen (secondary N) is 1. The summed E-state index contributed by atoms with van der Waals surface area (Å²) in [5.41, 5.74) is 5.77. The Morgan fingerprint density at radius 1 is 1.05 bits per heavy atom. The van der Waals surface area contributed by atoms with E-state index >= 15 is 0 Å². The molecule has 0 spiro atoms. The van der Waals surface area contributed by atoms with Gasteiger partial charge in [-0.2, -0.15) is 0 Å². The van der Waals surface area contributed by atoms with Crippen LogP contribution in [0.1, 0.15) is 35.5 Å². The first-order valence-electron chi connectivity index (χ1n) is 7.23. The number of fused-ring (bicyclic) bond motifs is 1. The molecule has 0 aliphatic heterocycles. The van der Waals surface area contributed by atoms with Crippen LogP contribution in [0.4, 0.5) is 0 Å². The smallest absolute Gasteiger partial charge is 0.153 e. The number of rotatable bonds is 3. The molecule has 21 heavy (non-hydrogen) atoms. The zero-order valence-electron chi connectivity index (χ0n) is 12.9. The molecule has 3 aromatic rings. The summed E-state index contributed by atoms with van der Waals surface area (Å²) in [7, 11) is 0. The van der Waals surface area contributed by atoms with E-state index in [0.29, 0.717) is 0 Å². The van der Waals surface area contributed by atoms with Crippen molar-refractivity contribution in [3.8, 4) is 5.75 Å². The lowest BCUT2D eigenvalue weighted by Crippen LogP contribution is -2.05. The normalized spacial score (nSPS) is 12.6. The number of hydrogen-bond donors (Lipinski definition) is 1. The maximum Gasteiger partial charge on any atom is 0.153 e. The van der Waals surface area contributed by atoms with Crippen molar-refractivity contribution in [2.24, 2.45) is 0 Å². The molecule has 0 unspecified atom stereocenters. The predicted molar refractivity (Wildman–Crippen MR) is 85.8 cm³/mol. The molecule has 0 saturated carbocycles. The van der Waals surface area contributed by atoms with E-state index < -0.39 is 0 Å². The second-order valence-corrected chi connectivity index (χ2v) is 5.65. The third kappa shape index (κ3) is 2.77. The molecule has 1 atom stereocenters. The van der Waals surface area contributed by atoms with Gasteiger partial charge in [0.1, 0.15) is 11.6 Å². The van der Waals surface area contributed by atoms with Crippen molar-refractivity contribution in [3.05, 3.63) is 58.9 Å². The van der Waals surface area contributed by atoms with Crippen LogP contribution in [0.2, 0.25) is 0 Å². The topological polar surface area (TPSA) is 37.9 Å². The van der Waals surface area contributed by atoms with Crippen LogP contribution in [0.25, 0.3) is 11.0 Å². The first-order valence-corrected chi connectivity index (χ1v) is 7.23. The van der Waals surface area contributed by atoms with Gasteiger partial charge < -0.3 is 9.72 Å². The Labute approximate surface area is 125 Å². The Bertz CT molecular complexity index is 750. The van der Waals surface area contributed by atoms with Gasteiger partial charge in [0.15, 0.2) is 6.10 Å². The van der Waals surface area contributed by atoms with Crippen LogP contribution in [-0.4, -0.2) is 9.97 Å². The van der Waals surface area contributed by atoms with Gasteiger partial charge in [0.2, 0.25) is 0 Å². The molecule has 3 heteroatoms. The zero-order valence-corrected chi connectivity index (χ0v) is 12.9. The lowest BCUT2D eigenvalue weighted by molar-refractivity contribution is 0.218. The molecule has 2 aromatic carbocycles. The fourth-order valence-corrected chi connectivity index (χ4v) is 2.43. The first kappa shape index (κ1) is 13.7. The number of aromatic amines is 1. The Morgan fingerprint density at radius 3 is 2.57 bits per heavy atom. The van der Waals surface area contributed by atoms with E-state index in [9.17, 15) is 0 Å². The van der Waals surface area contributed by atoms with Gasteiger partial charge >= 0.3 is 0 Å². The lowest BCUT2D eigenvalue weighted by Gasteiger charge is -2.12. The molecule has 0 fully saturated rings. The van der Waals surface area contributed by atoms with E-state index in [4.69, 9.17) is 4.74 Å². The van der Waals surface area contributed by atoms with E-state index in [1.54, 1.807) is 0 Å². The molecule has 1 aromatic heterocycles. The minimum absolute atomic E-state index is 0.111. The molecule has 1 N–H and O–H groups in total. The summed E-state index contributed by atoms with van der Waals surface area (Å²) in [5, 5.41) is 0. The van der Waals surface area contributed by atoms with Crippen LogP contribution in [0.15, 0.2) is 36.4 Å². The van der Waals surface area contributed by atoms with Crippen molar-refractivity contribution in [2.75, 3.05) is 0 Å². The minimum Gasteiger partial charge on any atom is -0.483 e. The van der Waals surface area contributed by atoms with Gasteiger partial charge in [0, 0.05) is 0 Å². The van der Waals surface area contributed by atoms with Crippen molar-refractivity contribution in [2.45, 2.75) is 33.8 Å². The van der Waals surface area contributed by atoms with E-state index in [0.717, 1.165) is 22.6 Å². The number of benzene rings is 2. The molecule has 0 saturated heterocycles. The van der Waals surface area contributed by atoms with Gasteiger partial charge in [-0.1, -0.05) is 12.1 Å². The molecule has 0 radical (unpaired) electrons. The quantitative estimate of drug-likeness (QED) is 0.759. The van der Waals surface area contributed by atoms with Crippen molar-refractivity contribution >= 4 is 11.0 Å².